The third kappa shape index (κ3) is 1.43. The highest BCUT2D eigenvalue weighted by Gasteiger charge is 2.10. The minimum atomic E-state index is -0.470. The summed E-state index contributed by atoms with van der Waals surface area (Å²) in [6.45, 7) is 1.79. The van der Waals surface area contributed by atoms with E-state index in [1.54, 1.807) is 19.1 Å². The quantitative estimate of drug-likeness (QED) is 0.358. The van der Waals surface area contributed by atoms with Crippen molar-refractivity contribution in [2.75, 3.05) is 0 Å². The van der Waals surface area contributed by atoms with E-state index in [1.165, 1.54) is 6.07 Å². The summed E-state index contributed by atoms with van der Waals surface area (Å²) in [5.41, 5.74) is 1.16. The van der Waals surface area contributed by atoms with E-state index in [9.17, 15) is 10.1 Å². The van der Waals surface area contributed by atoms with E-state index in [4.69, 9.17) is 6.42 Å². The molecule has 0 amide bonds. The van der Waals surface area contributed by atoms with Crippen molar-refractivity contribution in [2.24, 2.45) is 0 Å². The maximum absolute atomic E-state index is 10.4. The molecule has 0 aliphatic carbocycles. The minimum Gasteiger partial charge on any atom is -0.258 e. The van der Waals surface area contributed by atoms with Crippen molar-refractivity contribution in [1.82, 2.24) is 0 Å². The zero-order valence-corrected chi connectivity index (χ0v) is 6.57. The summed E-state index contributed by atoms with van der Waals surface area (Å²) >= 11 is 0. The lowest BCUT2D eigenvalue weighted by atomic mass is 10.1. The molecule has 0 heterocycles. The van der Waals surface area contributed by atoms with E-state index in [0.717, 1.165) is 5.56 Å². The molecule has 0 radical (unpaired) electrons. The molecule has 3 nitrogen and oxygen atoms in total. The molecule has 0 unspecified atom stereocenters. The number of terminal acetylenes is 1. The Morgan fingerprint density at radius 2 is 2.25 bits per heavy atom. The van der Waals surface area contributed by atoms with E-state index in [2.05, 4.69) is 5.92 Å². The number of hydrogen-bond donors (Lipinski definition) is 0. The Kier molecular flexibility index (Phi) is 2.11. The molecule has 1 aromatic rings. The van der Waals surface area contributed by atoms with Crippen LogP contribution in [0.2, 0.25) is 0 Å². The van der Waals surface area contributed by atoms with Gasteiger partial charge in [0.05, 0.1) is 4.92 Å². The second-order valence-corrected chi connectivity index (χ2v) is 2.42. The van der Waals surface area contributed by atoms with Crippen LogP contribution in [0, 0.1) is 29.4 Å². The number of rotatable bonds is 1. The smallest absolute Gasteiger partial charge is 0.258 e. The first-order valence-corrected chi connectivity index (χ1v) is 3.37. The molecule has 12 heavy (non-hydrogen) atoms. The highest BCUT2D eigenvalue weighted by molar-refractivity contribution is 5.51. The third-order valence-corrected chi connectivity index (χ3v) is 1.51. The number of benzene rings is 1. The van der Waals surface area contributed by atoms with Gasteiger partial charge >= 0.3 is 0 Å². The normalized spacial score (nSPS) is 9.00. The van der Waals surface area contributed by atoms with Gasteiger partial charge in [-0.3, -0.25) is 10.1 Å². The van der Waals surface area contributed by atoms with Crippen LogP contribution in [-0.2, 0) is 0 Å². The molecule has 0 spiro atoms. The lowest BCUT2D eigenvalue weighted by molar-refractivity contribution is -0.385. The van der Waals surface area contributed by atoms with Gasteiger partial charge in [0.25, 0.3) is 5.69 Å². The number of aryl methyl sites for hydroxylation is 1. The lowest BCUT2D eigenvalue weighted by Gasteiger charge is -1.96. The summed E-state index contributed by atoms with van der Waals surface area (Å²) in [6, 6.07) is 4.80. The lowest BCUT2D eigenvalue weighted by Crippen LogP contribution is -1.92. The van der Waals surface area contributed by atoms with Crippen LogP contribution in [0.4, 0.5) is 5.69 Å². The van der Waals surface area contributed by atoms with Crippen LogP contribution < -0.4 is 0 Å². The fourth-order valence-corrected chi connectivity index (χ4v) is 0.915. The first kappa shape index (κ1) is 8.28. The van der Waals surface area contributed by atoms with Gasteiger partial charge in [-0.05, 0) is 18.6 Å². The van der Waals surface area contributed by atoms with Gasteiger partial charge in [0.15, 0.2) is 0 Å². The molecular weight excluding hydrogens is 154 g/mol. The molecule has 0 aliphatic rings. The Bertz CT molecular complexity index is 363. The first-order valence-electron chi connectivity index (χ1n) is 3.37. The maximum Gasteiger partial charge on any atom is 0.285 e. The number of nitro groups is 1. The Hall–Kier alpha value is -1.82. The zero-order valence-electron chi connectivity index (χ0n) is 6.57. The predicted molar refractivity (Wildman–Crippen MR) is 45.8 cm³/mol. The monoisotopic (exact) mass is 161 g/mol. The van der Waals surface area contributed by atoms with E-state index in [-0.39, 0.29) is 5.69 Å². The van der Waals surface area contributed by atoms with Gasteiger partial charge in [-0.15, -0.1) is 6.42 Å². The van der Waals surface area contributed by atoms with Gasteiger partial charge < -0.3 is 0 Å². The Labute approximate surface area is 70.2 Å². The maximum atomic E-state index is 10.4. The van der Waals surface area contributed by atoms with Crippen LogP contribution >= 0.6 is 0 Å². The number of nitro benzene ring substituents is 1. The summed E-state index contributed by atoms with van der Waals surface area (Å²) in [7, 11) is 0. The largest absolute Gasteiger partial charge is 0.285 e. The van der Waals surface area contributed by atoms with Crippen LogP contribution in [0.1, 0.15) is 11.1 Å². The zero-order chi connectivity index (χ0) is 9.14. The first-order chi connectivity index (χ1) is 5.65. The molecule has 3 heteroatoms. The molecule has 1 aromatic carbocycles. The second kappa shape index (κ2) is 3.05. The van der Waals surface area contributed by atoms with E-state index in [0.29, 0.717) is 5.56 Å². The van der Waals surface area contributed by atoms with Gasteiger partial charge in [-0.2, -0.15) is 0 Å². The molecule has 0 fully saturated rings. The van der Waals surface area contributed by atoms with E-state index < -0.39 is 4.92 Å². The fraction of sp³-hybridized carbons (Fsp3) is 0.111. The topological polar surface area (TPSA) is 43.1 Å². The van der Waals surface area contributed by atoms with Crippen LogP contribution in [0.15, 0.2) is 18.2 Å². The van der Waals surface area contributed by atoms with Crippen LogP contribution in [0.5, 0.6) is 0 Å². The molecule has 0 bridgehead atoms. The van der Waals surface area contributed by atoms with Gasteiger partial charge in [0.2, 0.25) is 0 Å². The van der Waals surface area contributed by atoms with Crippen molar-refractivity contribution in [1.29, 1.82) is 0 Å². The third-order valence-electron chi connectivity index (χ3n) is 1.51. The SMILES string of the molecule is C#Cc1ccc(C)cc1[N+](=O)[O-]. The Morgan fingerprint density at radius 3 is 2.75 bits per heavy atom. The summed E-state index contributed by atoms with van der Waals surface area (Å²) in [5.74, 6) is 2.26. The van der Waals surface area contributed by atoms with Crippen molar-refractivity contribution in [2.45, 2.75) is 6.92 Å². The molecule has 1 rings (SSSR count). The molecule has 0 saturated heterocycles. The summed E-state index contributed by atoms with van der Waals surface area (Å²) < 4.78 is 0. The van der Waals surface area contributed by atoms with Crippen molar-refractivity contribution >= 4 is 5.69 Å². The summed E-state index contributed by atoms with van der Waals surface area (Å²) in [4.78, 5) is 9.97. The predicted octanol–water partition coefficient (Wildman–Crippen LogP) is 1.88. The summed E-state index contributed by atoms with van der Waals surface area (Å²) in [6.07, 6.45) is 5.08. The standard InChI is InChI=1S/C9H7NO2/c1-3-8-5-4-7(2)6-9(8)10(11)12/h1,4-6H,2H3. The van der Waals surface area contributed by atoms with E-state index >= 15 is 0 Å². The van der Waals surface area contributed by atoms with Crippen LogP contribution in [0.3, 0.4) is 0 Å². The fourth-order valence-electron chi connectivity index (χ4n) is 0.915. The Balaban J connectivity index is 3.34. The molecule has 0 saturated carbocycles. The summed E-state index contributed by atoms with van der Waals surface area (Å²) in [5, 5.41) is 10.4. The van der Waals surface area contributed by atoms with Crippen LogP contribution in [0.25, 0.3) is 0 Å². The molecule has 0 N–H and O–H groups in total. The Morgan fingerprint density at radius 1 is 1.58 bits per heavy atom. The minimum absolute atomic E-state index is 0.00231. The number of nitrogens with zero attached hydrogens (tertiary/aromatic N) is 1. The molecule has 0 aromatic heterocycles. The van der Waals surface area contributed by atoms with Gasteiger partial charge in [0, 0.05) is 6.07 Å². The van der Waals surface area contributed by atoms with Crippen LogP contribution in [-0.4, -0.2) is 4.92 Å². The second-order valence-electron chi connectivity index (χ2n) is 2.42. The molecular formula is C9H7NO2. The average Bonchev–Trinajstić information content (AvgIpc) is 2.04. The molecule has 60 valence electrons. The molecule has 0 aliphatic heterocycles. The highest BCUT2D eigenvalue weighted by Crippen LogP contribution is 2.18. The van der Waals surface area contributed by atoms with Crippen molar-refractivity contribution in [3.63, 3.8) is 0 Å². The molecule has 0 atom stereocenters. The van der Waals surface area contributed by atoms with Gasteiger partial charge in [0.1, 0.15) is 5.56 Å². The number of hydrogen-bond acceptors (Lipinski definition) is 2. The van der Waals surface area contributed by atoms with Gasteiger partial charge in [-0.1, -0.05) is 12.0 Å². The van der Waals surface area contributed by atoms with Crippen molar-refractivity contribution in [3.05, 3.63) is 39.4 Å². The van der Waals surface area contributed by atoms with E-state index in [1.807, 2.05) is 0 Å². The van der Waals surface area contributed by atoms with Gasteiger partial charge in [-0.25, -0.2) is 0 Å². The highest BCUT2D eigenvalue weighted by atomic mass is 16.6. The van der Waals surface area contributed by atoms with Crippen molar-refractivity contribution in [3.8, 4) is 12.3 Å². The van der Waals surface area contributed by atoms with Crippen molar-refractivity contribution < 1.29 is 4.92 Å². The average molecular weight is 161 g/mol.